The third-order valence-electron chi connectivity index (χ3n) is 7.58. The molecule has 5 rings (SSSR count). The number of nitro groups is 1. The van der Waals surface area contributed by atoms with Gasteiger partial charge in [-0.3, -0.25) is 39.9 Å². The van der Waals surface area contributed by atoms with Gasteiger partial charge in [-0.2, -0.15) is 0 Å². The molecule has 0 unspecified atom stereocenters. The first-order valence-electron chi connectivity index (χ1n) is 15.3. The zero-order valence-electron chi connectivity index (χ0n) is 26.7. The van der Waals surface area contributed by atoms with Crippen LogP contribution in [0.1, 0.15) is 56.7 Å². The SMILES string of the molecule is Cc1cccc(CN(Cc2cccc(C)n2)Cc2cc([N+](=O)[O-])cc(CN(Cc3cccc(C)n3)Cc3cccc(C)n3)c2O)n1. The van der Waals surface area contributed by atoms with Crippen LogP contribution in [0.5, 0.6) is 5.75 Å². The lowest BCUT2D eigenvalue weighted by Crippen LogP contribution is -2.25. The van der Waals surface area contributed by atoms with E-state index in [0.29, 0.717) is 37.3 Å². The van der Waals surface area contributed by atoms with Crippen LogP contribution in [0.2, 0.25) is 0 Å². The van der Waals surface area contributed by atoms with E-state index < -0.39 is 4.92 Å². The minimum atomic E-state index is -0.407. The number of non-ortho nitro benzene ring substituents is 1. The Hall–Kier alpha value is -5.06. The molecule has 10 nitrogen and oxygen atoms in total. The van der Waals surface area contributed by atoms with E-state index in [2.05, 4.69) is 29.7 Å². The van der Waals surface area contributed by atoms with Gasteiger partial charge in [0.2, 0.25) is 0 Å². The molecule has 4 heterocycles. The summed E-state index contributed by atoms with van der Waals surface area (Å²) in [7, 11) is 0. The van der Waals surface area contributed by atoms with E-state index >= 15 is 0 Å². The number of rotatable bonds is 13. The first kappa shape index (κ1) is 32.3. The molecule has 236 valence electrons. The predicted molar refractivity (Wildman–Crippen MR) is 177 cm³/mol. The number of aromatic nitrogens is 4. The lowest BCUT2D eigenvalue weighted by Gasteiger charge is -2.25. The average Bonchev–Trinajstić information content (AvgIpc) is 2.99. The molecule has 0 bridgehead atoms. The zero-order chi connectivity index (χ0) is 32.6. The summed E-state index contributed by atoms with van der Waals surface area (Å²) in [4.78, 5) is 34.7. The standard InChI is InChI=1S/C36H39N7O3/c1-25-9-5-13-31(37-25)21-41(22-32-14-6-10-26(2)38-32)19-29-17-35(43(45)46)18-30(36(29)44)20-42(23-33-15-7-11-27(3)39-33)24-34-16-8-12-28(4)40-34/h5-18,44H,19-24H2,1-4H3. The van der Waals surface area contributed by atoms with Crippen LogP contribution in [0.3, 0.4) is 0 Å². The molecular weight excluding hydrogens is 578 g/mol. The number of hydrogen-bond acceptors (Lipinski definition) is 9. The van der Waals surface area contributed by atoms with Crippen molar-refractivity contribution in [1.82, 2.24) is 29.7 Å². The summed E-state index contributed by atoms with van der Waals surface area (Å²) >= 11 is 0. The van der Waals surface area contributed by atoms with Crippen molar-refractivity contribution < 1.29 is 10.0 Å². The van der Waals surface area contributed by atoms with Gasteiger partial charge in [0.15, 0.2) is 0 Å². The van der Waals surface area contributed by atoms with Crippen molar-refractivity contribution in [1.29, 1.82) is 0 Å². The minimum Gasteiger partial charge on any atom is -0.507 e. The highest BCUT2D eigenvalue weighted by atomic mass is 16.6. The molecule has 0 aliphatic carbocycles. The number of nitrogens with zero attached hydrogens (tertiary/aromatic N) is 7. The number of nitro benzene ring substituents is 1. The largest absolute Gasteiger partial charge is 0.507 e. The quantitative estimate of drug-likeness (QED) is 0.116. The molecule has 10 heteroatoms. The molecule has 0 saturated carbocycles. The third kappa shape index (κ3) is 8.99. The normalized spacial score (nSPS) is 11.3. The van der Waals surface area contributed by atoms with Crippen LogP contribution < -0.4 is 0 Å². The van der Waals surface area contributed by atoms with Crippen LogP contribution in [0.15, 0.2) is 84.9 Å². The van der Waals surface area contributed by atoms with Crippen LogP contribution >= 0.6 is 0 Å². The van der Waals surface area contributed by atoms with Crippen molar-refractivity contribution in [3.8, 4) is 5.75 Å². The second-order valence-electron chi connectivity index (χ2n) is 11.7. The fourth-order valence-electron chi connectivity index (χ4n) is 5.57. The summed E-state index contributed by atoms with van der Waals surface area (Å²) in [6, 6.07) is 26.4. The Morgan fingerprint density at radius 3 is 1.13 bits per heavy atom. The van der Waals surface area contributed by atoms with E-state index in [1.165, 1.54) is 12.1 Å². The summed E-state index contributed by atoms with van der Waals surface area (Å²) < 4.78 is 0. The molecular formula is C36H39N7O3. The Labute approximate surface area is 269 Å². The molecule has 1 N–H and O–H groups in total. The lowest BCUT2D eigenvalue weighted by molar-refractivity contribution is -0.385. The van der Waals surface area contributed by atoms with Gasteiger partial charge in [0, 0.05) is 85.3 Å². The van der Waals surface area contributed by atoms with Gasteiger partial charge in [0.05, 0.1) is 27.7 Å². The second kappa shape index (κ2) is 14.8. The molecule has 0 aliphatic heterocycles. The molecule has 46 heavy (non-hydrogen) atoms. The Kier molecular flexibility index (Phi) is 10.4. The first-order chi connectivity index (χ1) is 22.1. The minimum absolute atomic E-state index is 0.0319. The van der Waals surface area contributed by atoms with Crippen molar-refractivity contribution in [2.45, 2.75) is 67.0 Å². The maximum atomic E-state index is 12.2. The second-order valence-corrected chi connectivity index (χ2v) is 11.7. The van der Waals surface area contributed by atoms with Gasteiger partial charge < -0.3 is 5.11 Å². The average molecular weight is 618 g/mol. The Morgan fingerprint density at radius 2 is 0.870 bits per heavy atom. The molecule has 0 aliphatic rings. The summed E-state index contributed by atoms with van der Waals surface area (Å²) in [6.07, 6.45) is 0. The van der Waals surface area contributed by atoms with Crippen LogP contribution in [0.25, 0.3) is 0 Å². The van der Waals surface area contributed by atoms with Gasteiger partial charge >= 0.3 is 0 Å². The molecule has 0 amide bonds. The maximum Gasteiger partial charge on any atom is 0.270 e. The van der Waals surface area contributed by atoms with Gasteiger partial charge in [-0.1, -0.05) is 24.3 Å². The van der Waals surface area contributed by atoms with Gasteiger partial charge in [0.25, 0.3) is 5.69 Å². The number of phenols is 1. The van der Waals surface area contributed by atoms with Crippen molar-refractivity contribution >= 4 is 5.69 Å². The van der Waals surface area contributed by atoms with Crippen LogP contribution in [0.4, 0.5) is 5.69 Å². The summed E-state index contributed by atoms with van der Waals surface area (Å²) in [6.45, 7) is 10.2. The van der Waals surface area contributed by atoms with Crippen molar-refractivity contribution in [2.24, 2.45) is 0 Å². The van der Waals surface area contributed by atoms with Gasteiger partial charge in [0.1, 0.15) is 5.75 Å². The van der Waals surface area contributed by atoms with Gasteiger partial charge in [-0.15, -0.1) is 0 Å². The summed E-state index contributed by atoms with van der Waals surface area (Å²) in [5, 5.41) is 23.9. The topological polar surface area (TPSA) is 121 Å². The molecule has 0 radical (unpaired) electrons. The van der Waals surface area contributed by atoms with E-state index in [4.69, 9.17) is 0 Å². The Balaban J connectivity index is 1.49. The van der Waals surface area contributed by atoms with Gasteiger partial charge in [-0.05, 0) is 76.2 Å². The highest BCUT2D eigenvalue weighted by molar-refractivity contribution is 5.49. The van der Waals surface area contributed by atoms with Crippen molar-refractivity contribution in [3.05, 3.63) is 152 Å². The summed E-state index contributed by atoms with van der Waals surface area (Å²) in [5.74, 6) is 0.0319. The lowest BCUT2D eigenvalue weighted by atomic mass is 10.0. The van der Waals surface area contributed by atoms with Crippen molar-refractivity contribution in [2.75, 3.05) is 0 Å². The first-order valence-corrected chi connectivity index (χ1v) is 15.3. The number of pyridine rings is 4. The fourth-order valence-corrected chi connectivity index (χ4v) is 5.57. The third-order valence-corrected chi connectivity index (χ3v) is 7.58. The van der Waals surface area contributed by atoms with Crippen molar-refractivity contribution in [3.63, 3.8) is 0 Å². The molecule has 0 spiro atoms. The molecule has 4 aromatic heterocycles. The maximum absolute atomic E-state index is 12.2. The van der Waals surface area contributed by atoms with E-state index in [-0.39, 0.29) is 24.5 Å². The van der Waals surface area contributed by atoms with E-state index in [9.17, 15) is 15.2 Å². The number of phenolic OH excluding ortho intramolecular Hbond substituents is 1. The van der Waals surface area contributed by atoms with Crippen LogP contribution in [-0.4, -0.2) is 39.8 Å². The van der Waals surface area contributed by atoms with Crippen LogP contribution in [0, 0.1) is 37.8 Å². The molecule has 0 atom stereocenters. The molecule has 1 aromatic carbocycles. The number of benzene rings is 1. The fraction of sp³-hybridized carbons (Fsp3) is 0.278. The Bertz CT molecular complexity index is 1610. The highest BCUT2D eigenvalue weighted by Gasteiger charge is 2.22. The van der Waals surface area contributed by atoms with Gasteiger partial charge in [-0.25, -0.2) is 0 Å². The number of hydrogen-bond donors (Lipinski definition) is 1. The van der Waals surface area contributed by atoms with E-state index in [1.54, 1.807) is 0 Å². The smallest absolute Gasteiger partial charge is 0.270 e. The Morgan fingerprint density at radius 1 is 0.565 bits per heavy atom. The number of aromatic hydroxyl groups is 1. The molecule has 0 saturated heterocycles. The molecule has 5 aromatic rings. The highest BCUT2D eigenvalue weighted by Crippen LogP contribution is 2.32. The monoisotopic (exact) mass is 617 g/mol. The predicted octanol–water partition coefficient (Wildman–Crippen LogP) is 6.52. The van der Waals surface area contributed by atoms with E-state index in [0.717, 1.165) is 45.6 Å². The number of aryl methyl sites for hydroxylation is 4. The summed E-state index contributed by atoms with van der Waals surface area (Å²) in [5.41, 5.74) is 7.90. The van der Waals surface area contributed by atoms with E-state index in [1.807, 2.05) is 100 Å². The molecule has 0 fully saturated rings. The van der Waals surface area contributed by atoms with Crippen LogP contribution in [-0.2, 0) is 39.3 Å². The zero-order valence-corrected chi connectivity index (χ0v) is 26.7.